The molecule has 0 radical (unpaired) electrons. The van der Waals surface area contributed by atoms with E-state index in [1.165, 1.54) is 13.0 Å². The topological polar surface area (TPSA) is 86.6 Å². The van der Waals surface area contributed by atoms with Crippen molar-refractivity contribution >= 4 is 45.1 Å². The minimum Gasteiger partial charge on any atom is -0.506 e. The van der Waals surface area contributed by atoms with E-state index in [9.17, 15) is 14.7 Å². The van der Waals surface area contributed by atoms with Crippen molar-refractivity contribution in [2.75, 3.05) is 5.32 Å². The number of aromatic hydroxyl groups is 1. The molecule has 0 unspecified atom stereocenters. The van der Waals surface area contributed by atoms with Gasteiger partial charge in [0.15, 0.2) is 0 Å². The van der Waals surface area contributed by atoms with Crippen LogP contribution in [0.5, 0.6) is 5.75 Å². The number of hydrogen-bond donors (Lipinski definition) is 3. The second-order valence-electron chi connectivity index (χ2n) is 3.24. The van der Waals surface area contributed by atoms with Gasteiger partial charge in [0, 0.05) is 12.8 Å². The molecule has 1 aromatic carbocycles. The number of carboxylic acid groups (broad SMARTS) is 1. The fourth-order valence-electron chi connectivity index (χ4n) is 1.27. The summed E-state index contributed by atoms with van der Waals surface area (Å²) in [5.41, 5.74) is 0.403. The first kappa shape index (κ1) is 13.8. The summed E-state index contributed by atoms with van der Waals surface area (Å²) >= 11 is 8.70. The number of carbonyl (C=O) groups is 2. The molecule has 3 N–H and O–H groups in total. The fourth-order valence-corrected chi connectivity index (χ4v) is 2.05. The van der Waals surface area contributed by atoms with Gasteiger partial charge in [0.05, 0.1) is 10.2 Å². The standard InChI is InChI=1S/C10H9BrClNO4/c1-4(14)13-8-5(3-12)2-6(10(16)17)9(15)7(8)11/h2,15H,3H2,1H3,(H,13,14)(H,16,17). The molecule has 17 heavy (non-hydrogen) atoms. The van der Waals surface area contributed by atoms with Gasteiger partial charge in [-0.15, -0.1) is 11.6 Å². The van der Waals surface area contributed by atoms with Gasteiger partial charge in [0.25, 0.3) is 0 Å². The maximum Gasteiger partial charge on any atom is 0.339 e. The molecule has 0 fully saturated rings. The van der Waals surface area contributed by atoms with Gasteiger partial charge < -0.3 is 15.5 Å². The van der Waals surface area contributed by atoms with E-state index in [1.807, 2.05) is 0 Å². The molecule has 0 aliphatic carbocycles. The van der Waals surface area contributed by atoms with E-state index in [0.717, 1.165) is 0 Å². The molecule has 0 aliphatic heterocycles. The third-order valence-electron chi connectivity index (χ3n) is 2.00. The minimum absolute atomic E-state index is 0.00870. The number of rotatable bonds is 3. The number of benzene rings is 1. The van der Waals surface area contributed by atoms with Gasteiger partial charge in [0.2, 0.25) is 5.91 Å². The number of phenols is 1. The molecular formula is C10H9BrClNO4. The summed E-state index contributed by atoms with van der Waals surface area (Å²) in [6, 6.07) is 1.22. The van der Waals surface area contributed by atoms with Crippen LogP contribution < -0.4 is 5.32 Å². The van der Waals surface area contributed by atoms with Gasteiger partial charge in [0.1, 0.15) is 11.3 Å². The molecule has 5 nitrogen and oxygen atoms in total. The summed E-state index contributed by atoms with van der Waals surface area (Å²) in [5, 5.41) is 21.0. The largest absolute Gasteiger partial charge is 0.506 e. The lowest BCUT2D eigenvalue weighted by molar-refractivity contribution is -0.114. The molecule has 0 spiro atoms. The van der Waals surface area contributed by atoms with Gasteiger partial charge in [-0.3, -0.25) is 4.79 Å². The van der Waals surface area contributed by atoms with Gasteiger partial charge in [-0.05, 0) is 27.6 Å². The zero-order chi connectivity index (χ0) is 13.2. The lowest BCUT2D eigenvalue weighted by Crippen LogP contribution is -2.10. The van der Waals surface area contributed by atoms with Gasteiger partial charge in [-0.1, -0.05) is 0 Å². The van der Waals surface area contributed by atoms with Crippen LogP contribution in [0.2, 0.25) is 0 Å². The smallest absolute Gasteiger partial charge is 0.339 e. The van der Waals surface area contributed by atoms with Crippen LogP contribution in [0.3, 0.4) is 0 Å². The maximum atomic E-state index is 11.0. The second kappa shape index (κ2) is 5.37. The summed E-state index contributed by atoms with van der Waals surface area (Å²) in [6.07, 6.45) is 0. The molecule has 0 aliphatic rings. The number of anilines is 1. The lowest BCUT2D eigenvalue weighted by atomic mass is 10.1. The highest BCUT2D eigenvalue weighted by molar-refractivity contribution is 9.10. The Hall–Kier alpha value is -1.27. The molecule has 1 amide bonds. The SMILES string of the molecule is CC(=O)Nc1c(CCl)cc(C(=O)O)c(O)c1Br. The van der Waals surface area contributed by atoms with Crippen LogP contribution in [0.15, 0.2) is 10.5 Å². The van der Waals surface area contributed by atoms with E-state index < -0.39 is 11.7 Å². The molecule has 0 heterocycles. The molecule has 7 heteroatoms. The van der Waals surface area contributed by atoms with E-state index in [-0.39, 0.29) is 27.5 Å². The number of halogens is 2. The monoisotopic (exact) mass is 321 g/mol. The average Bonchev–Trinajstić information content (AvgIpc) is 2.24. The van der Waals surface area contributed by atoms with Crippen molar-refractivity contribution < 1.29 is 19.8 Å². The number of nitrogens with one attached hydrogen (secondary N) is 1. The number of alkyl halides is 1. The van der Waals surface area contributed by atoms with Crippen molar-refractivity contribution in [2.24, 2.45) is 0 Å². The average molecular weight is 323 g/mol. The zero-order valence-corrected chi connectivity index (χ0v) is 11.1. The number of carbonyl (C=O) groups excluding carboxylic acids is 1. The molecule has 0 aromatic heterocycles. The van der Waals surface area contributed by atoms with Crippen molar-refractivity contribution in [1.82, 2.24) is 0 Å². The highest BCUT2D eigenvalue weighted by Gasteiger charge is 2.20. The minimum atomic E-state index is -1.27. The maximum absolute atomic E-state index is 11.0. The van der Waals surface area contributed by atoms with Gasteiger partial charge in [-0.25, -0.2) is 4.79 Å². The van der Waals surface area contributed by atoms with Gasteiger partial charge in [-0.2, -0.15) is 0 Å². The van der Waals surface area contributed by atoms with Crippen LogP contribution in [0.1, 0.15) is 22.8 Å². The fraction of sp³-hybridized carbons (Fsp3) is 0.200. The van der Waals surface area contributed by atoms with Crippen molar-refractivity contribution in [3.8, 4) is 5.75 Å². The Morgan fingerprint density at radius 1 is 1.53 bits per heavy atom. The first-order valence-corrected chi connectivity index (χ1v) is 5.82. The number of aromatic carboxylic acids is 1. The van der Waals surface area contributed by atoms with Crippen LogP contribution in [0, 0.1) is 0 Å². The molecular weight excluding hydrogens is 313 g/mol. The Labute approximate surface area is 111 Å². The number of carboxylic acids is 1. The highest BCUT2D eigenvalue weighted by atomic mass is 79.9. The highest BCUT2D eigenvalue weighted by Crippen LogP contribution is 2.38. The Morgan fingerprint density at radius 2 is 2.12 bits per heavy atom. The zero-order valence-electron chi connectivity index (χ0n) is 8.75. The predicted molar refractivity (Wildman–Crippen MR) is 66.6 cm³/mol. The van der Waals surface area contributed by atoms with Crippen LogP contribution in [-0.2, 0) is 10.7 Å². The third-order valence-corrected chi connectivity index (χ3v) is 3.06. The molecule has 1 rings (SSSR count). The molecule has 0 bridgehead atoms. The summed E-state index contributed by atoms with van der Waals surface area (Å²) in [7, 11) is 0. The van der Waals surface area contributed by atoms with Crippen molar-refractivity contribution in [2.45, 2.75) is 12.8 Å². The quantitative estimate of drug-likeness (QED) is 0.746. The van der Waals surface area contributed by atoms with E-state index in [1.54, 1.807) is 0 Å². The van der Waals surface area contributed by atoms with Crippen molar-refractivity contribution in [3.05, 3.63) is 21.7 Å². The molecule has 0 saturated heterocycles. The molecule has 92 valence electrons. The molecule has 0 atom stereocenters. The van der Waals surface area contributed by atoms with Crippen molar-refractivity contribution in [3.63, 3.8) is 0 Å². The summed E-state index contributed by atoms with van der Waals surface area (Å²) in [6.45, 7) is 1.30. The van der Waals surface area contributed by atoms with E-state index in [2.05, 4.69) is 21.2 Å². The van der Waals surface area contributed by atoms with Crippen LogP contribution in [0.25, 0.3) is 0 Å². The Morgan fingerprint density at radius 3 is 2.53 bits per heavy atom. The molecule has 0 saturated carbocycles. The Balaban J connectivity index is 3.46. The normalized spacial score (nSPS) is 10.1. The van der Waals surface area contributed by atoms with E-state index >= 15 is 0 Å². The summed E-state index contributed by atoms with van der Waals surface area (Å²) in [4.78, 5) is 21.9. The van der Waals surface area contributed by atoms with Crippen LogP contribution in [0.4, 0.5) is 5.69 Å². The molecule has 1 aromatic rings. The Bertz CT molecular complexity index is 490. The number of amides is 1. The Kier molecular flexibility index (Phi) is 4.36. The summed E-state index contributed by atoms with van der Waals surface area (Å²) in [5.74, 6) is -2.06. The van der Waals surface area contributed by atoms with Crippen LogP contribution in [-0.4, -0.2) is 22.1 Å². The number of hydrogen-bond acceptors (Lipinski definition) is 3. The lowest BCUT2D eigenvalue weighted by Gasteiger charge is -2.13. The van der Waals surface area contributed by atoms with E-state index in [0.29, 0.717) is 5.56 Å². The first-order valence-electron chi connectivity index (χ1n) is 4.49. The summed E-state index contributed by atoms with van der Waals surface area (Å²) < 4.78 is 0.100. The third kappa shape index (κ3) is 2.89. The first-order chi connectivity index (χ1) is 7.88. The second-order valence-corrected chi connectivity index (χ2v) is 4.30. The van der Waals surface area contributed by atoms with Gasteiger partial charge >= 0.3 is 5.97 Å². The predicted octanol–water partition coefficient (Wildman–Crippen LogP) is 2.55. The van der Waals surface area contributed by atoms with Crippen molar-refractivity contribution in [1.29, 1.82) is 0 Å². The van der Waals surface area contributed by atoms with E-state index in [4.69, 9.17) is 16.7 Å². The van der Waals surface area contributed by atoms with Crippen LogP contribution >= 0.6 is 27.5 Å².